The number of benzene rings is 1. The summed E-state index contributed by atoms with van der Waals surface area (Å²) in [6.45, 7) is 0. The van der Waals surface area contributed by atoms with Crippen LogP contribution in [0.1, 0.15) is 0 Å². The number of anilines is 1. The van der Waals surface area contributed by atoms with Crippen LogP contribution in [0.2, 0.25) is 0 Å². The van der Waals surface area contributed by atoms with Crippen molar-refractivity contribution in [2.24, 2.45) is 7.05 Å². The maximum absolute atomic E-state index is 11.8. The summed E-state index contributed by atoms with van der Waals surface area (Å²) in [7, 11) is 3.30. The molecule has 0 atom stereocenters. The zero-order chi connectivity index (χ0) is 18.3. The second kappa shape index (κ2) is 5.99. The molecule has 0 radical (unpaired) electrons. The number of hydrogen-bond acceptors (Lipinski definition) is 6. The molecule has 130 valence electrons. The van der Waals surface area contributed by atoms with Gasteiger partial charge in [0.1, 0.15) is 17.9 Å². The Morgan fingerprint density at radius 2 is 2.00 bits per heavy atom. The summed E-state index contributed by atoms with van der Waals surface area (Å²) in [6.07, 6.45) is 3.12. The predicted molar refractivity (Wildman–Crippen MR) is 98.3 cm³/mol. The van der Waals surface area contributed by atoms with Crippen LogP contribution in [-0.2, 0) is 7.05 Å². The van der Waals surface area contributed by atoms with Crippen molar-refractivity contribution in [2.75, 3.05) is 12.8 Å². The molecule has 8 nitrogen and oxygen atoms in total. The van der Waals surface area contributed by atoms with Crippen LogP contribution in [-0.4, -0.2) is 31.2 Å². The molecule has 4 rings (SSSR count). The van der Waals surface area contributed by atoms with E-state index in [1.165, 1.54) is 17.0 Å². The number of nitrogen functional groups attached to an aromatic ring is 1. The molecule has 2 N–H and O–H groups in total. The fourth-order valence-electron chi connectivity index (χ4n) is 2.82. The maximum Gasteiger partial charge on any atom is 0.250 e. The van der Waals surface area contributed by atoms with Gasteiger partial charge < -0.3 is 15.0 Å². The largest absolute Gasteiger partial charge is 0.497 e. The molecule has 1 aromatic carbocycles. The van der Waals surface area contributed by atoms with Crippen LogP contribution >= 0.6 is 0 Å². The Labute approximate surface area is 148 Å². The summed E-state index contributed by atoms with van der Waals surface area (Å²) < 4.78 is 8.67. The first kappa shape index (κ1) is 15.8. The lowest BCUT2D eigenvalue weighted by Crippen LogP contribution is -2.15. The van der Waals surface area contributed by atoms with Crippen molar-refractivity contribution in [3.05, 3.63) is 59.3 Å². The van der Waals surface area contributed by atoms with Gasteiger partial charge in [-0.05, 0) is 18.2 Å². The average Bonchev–Trinajstić information content (AvgIpc) is 3.05. The fourth-order valence-corrected chi connectivity index (χ4v) is 2.82. The van der Waals surface area contributed by atoms with Gasteiger partial charge in [-0.3, -0.25) is 9.36 Å². The summed E-state index contributed by atoms with van der Waals surface area (Å²) in [5.41, 5.74) is 8.53. The van der Waals surface area contributed by atoms with E-state index in [1.807, 2.05) is 28.8 Å². The molecule has 0 saturated carbocycles. The van der Waals surface area contributed by atoms with Crippen LogP contribution in [0.3, 0.4) is 0 Å². The molecule has 0 aliphatic rings. The topological polar surface area (TPSA) is 101 Å². The molecule has 26 heavy (non-hydrogen) atoms. The number of aryl methyl sites for hydroxylation is 1. The minimum absolute atomic E-state index is 0.102. The van der Waals surface area contributed by atoms with E-state index in [2.05, 4.69) is 15.0 Å². The van der Waals surface area contributed by atoms with Gasteiger partial charge in [0.15, 0.2) is 17.0 Å². The molecule has 0 saturated heterocycles. The third-order valence-corrected chi connectivity index (χ3v) is 4.13. The normalized spacial score (nSPS) is 11.0. The molecule has 3 aromatic heterocycles. The Hall–Kier alpha value is -3.68. The van der Waals surface area contributed by atoms with E-state index in [-0.39, 0.29) is 5.56 Å². The lowest BCUT2D eigenvalue weighted by atomic mass is 10.2. The van der Waals surface area contributed by atoms with Gasteiger partial charge in [-0.25, -0.2) is 15.0 Å². The monoisotopic (exact) mass is 348 g/mol. The third-order valence-electron chi connectivity index (χ3n) is 4.13. The van der Waals surface area contributed by atoms with Gasteiger partial charge in [0.05, 0.1) is 12.8 Å². The first-order valence-electron chi connectivity index (χ1n) is 7.89. The predicted octanol–water partition coefficient (Wildman–Crippen LogP) is 1.77. The van der Waals surface area contributed by atoms with Crippen molar-refractivity contribution in [1.29, 1.82) is 0 Å². The number of rotatable bonds is 3. The Bertz CT molecular complexity index is 1180. The van der Waals surface area contributed by atoms with Crippen LogP contribution in [0.25, 0.3) is 28.2 Å². The summed E-state index contributed by atoms with van der Waals surface area (Å²) >= 11 is 0. The van der Waals surface area contributed by atoms with Crippen LogP contribution in [0.5, 0.6) is 5.75 Å². The zero-order valence-electron chi connectivity index (χ0n) is 14.2. The molecular formula is C18H16N6O2. The molecule has 0 bridgehead atoms. The van der Waals surface area contributed by atoms with Crippen molar-refractivity contribution in [2.45, 2.75) is 0 Å². The Kier molecular flexibility index (Phi) is 3.65. The number of hydrogen-bond donors (Lipinski definition) is 1. The van der Waals surface area contributed by atoms with E-state index < -0.39 is 0 Å². The van der Waals surface area contributed by atoms with Crippen LogP contribution in [0.4, 0.5) is 5.82 Å². The second-order valence-corrected chi connectivity index (χ2v) is 5.77. The van der Waals surface area contributed by atoms with Crippen molar-refractivity contribution in [3.63, 3.8) is 0 Å². The number of aromatic nitrogens is 5. The molecule has 0 spiro atoms. The van der Waals surface area contributed by atoms with Gasteiger partial charge in [-0.15, -0.1) is 0 Å². The van der Waals surface area contributed by atoms with E-state index in [0.29, 0.717) is 28.6 Å². The molecule has 4 aromatic rings. The van der Waals surface area contributed by atoms with Gasteiger partial charge in [-0.1, -0.05) is 12.1 Å². The Morgan fingerprint density at radius 1 is 1.15 bits per heavy atom. The number of pyridine rings is 1. The fraction of sp³-hybridized carbons (Fsp3) is 0.111. The summed E-state index contributed by atoms with van der Waals surface area (Å²) in [5, 5.41) is 0. The molecule has 8 heteroatoms. The number of methoxy groups -OCH3 is 1. The maximum atomic E-state index is 11.8. The smallest absolute Gasteiger partial charge is 0.250 e. The lowest BCUT2D eigenvalue weighted by molar-refractivity contribution is 0.415. The first-order valence-corrected chi connectivity index (χ1v) is 7.89. The minimum atomic E-state index is -0.102. The molecule has 0 unspecified atom stereocenters. The van der Waals surface area contributed by atoms with Crippen LogP contribution in [0.15, 0.2) is 53.7 Å². The zero-order valence-corrected chi connectivity index (χ0v) is 14.2. The van der Waals surface area contributed by atoms with E-state index in [1.54, 1.807) is 26.4 Å². The standard InChI is InChI=1S/C18H16N6O2/c1-23-9-12(6-7-14(23)25)24-17(11-4-3-5-13(8-11)26-2)22-15-16(19)20-10-21-18(15)24/h3-10H,1-2H3,(H2,19,20,21). The van der Waals surface area contributed by atoms with Gasteiger partial charge >= 0.3 is 0 Å². The lowest BCUT2D eigenvalue weighted by Gasteiger charge is -2.10. The number of nitrogens with two attached hydrogens (primary N) is 1. The molecule has 0 aliphatic heterocycles. The second-order valence-electron chi connectivity index (χ2n) is 5.77. The highest BCUT2D eigenvalue weighted by Gasteiger charge is 2.18. The van der Waals surface area contributed by atoms with E-state index in [0.717, 1.165) is 11.3 Å². The molecule has 3 heterocycles. The summed E-state index contributed by atoms with van der Waals surface area (Å²) in [6, 6.07) is 10.8. The average molecular weight is 348 g/mol. The van der Waals surface area contributed by atoms with Crippen molar-refractivity contribution >= 4 is 17.0 Å². The Morgan fingerprint density at radius 3 is 2.77 bits per heavy atom. The molecule has 0 fully saturated rings. The van der Waals surface area contributed by atoms with Crippen LogP contribution in [0, 0.1) is 0 Å². The van der Waals surface area contributed by atoms with E-state index >= 15 is 0 Å². The van der Waals surface area contributed by atoms with Gasteiger partial charge in [0, 0.05) is 24.9 Å². The quantitative estimate of drug-likeness (QED) is 0.605. The first-order chi connectivity index (χ1) is 12.6. The summed E-state index contributed by atoms with van der Waals surface area (Å²) in [5.74, 6) is 1.63. The minimum Gasteiger partial charge on any atom is -0.497 e. The number of fused-ring (bicyclic) bond motifs is 1. The Balaban J connectivity index is 2.07. The van der Waals surface area contributed by atoms with Crippen LogP contribution < -0.4 is 16.0 Å². The summed E-state index contributed by atoms with van der Waals surface area (Å²) in [4.78, 5) is 24.8. The van der Waals surface area contributed by atoms with Crippen molar-refractivity contribution in [1.82, 2.24) is 24.1 Å². The van der Waals surface area contributed by atoms with Gasteiger partial charge in [0.25, 0.3) is 0 Å². The SMILES string of the molecule is COc1cccc(-c2nc3c(N)ncnc3n2-c2ccc(=O)n(C)c2)c1. The number of ether oxygens (including phenoxy) is 1. The van der Waals surface area contributed by atoms with Crippen molar-refractivity contribution in [3.8, 4) is 22.8 Å². The molecule has 0 amide bonds. The highest BCUT2D eigenvalue weighted by Crippen LogP contribution is 2.30. The third kappa shape index (κ3) is 2.48. The van der Waals surface area contributed by atoms with Gasteiger partial charge in [-0.2, -0.15) is 0 Å². The van der Waals surface area contributed by atoms with Crippen molar-refractivity contribution < 1.29 is 4.74 Å². The van der Waals surface area contributed by atoms with E-state index in [9.17, 15) is 4.79 Å². The van der Waals surface area contributed by atoms with Gasteiger partial charge in [0.2, 0.25) is 5.56 Å². The van der Waals surface area contributed by atoms with E-state index in [4.69, 9.17) is 10.5 Å². The highest BCUT2D eigenvalue weighted by atomic mass is 16.5. The molecule has 0 aliphatic carbocycles. The number of imidazole rings is 1. The number of nitrogens with zero attached hydrogens (tertiary/aromatic N) is 5. The highest BCUT2D eigenvalue weighted by molar-refractivity contribution is 5.87. The molecular weight excluding hydrogens is 332 g/mol.